The van der Waals surface area contributed by atoms with Crippen LogP contribution in [0.4, 0.5) is 4.79 Å². The molecule has 1 rings (SSSR count). The standard InChI is InChI=1S/C26H37N3O7/c1-8-17(3)21(28-25(34)36-26(4,5)6)24(33)29(14-15-30)22(23(32)27-16-20(31)35-7)19-13-11-10-12-18(19)9-2/h2,10-13,17,21-22,30H,8,14-16H2,1,3-7H3,(H,27,32)(H,28,34). The first-order valence-corrected chi connectivity index (χ1v) is 11.7. The predicted octanol–water partition coefficient (Wildman–Crippen LogP) is 1.76. The van der Waals surface area contributed by atoms with E-state index in [4.69, 9.17) is 11.2 Å². The molecule has 0 aliphatic rings. The average molecular weight is 504 g/mol. The smallest absolute Gasteiger partial charge is 0.408 e. The summed E-state index contributed by atoms with van der Waals surface area (Å²) in [4.78, 5) is 52.6. The minimum absolute atomic E-state index is 0.239. The van der Waals surface area contributed by atoms with E-state index in [9.17, 15) is 24.3 Å². The Morgan fingerprint density at radius 2 is 1.83 bits per heavy atom. The fraction of sp³-hybridized carbons (Fsp3) is 0.538. The van der Waals surface area contributed by atoms with Gasteiger partial charge in [-0.25, -0.2) is 4.79 Å². The number of nitrogens with zero attached hydrogens (tertiary/aromatic N) is 1. The highest BCUT2D eigenvalue weighted by atomic mass is 16.6. The van der Waals surface area contributed by atoms with Crippen LogP contribution in [0.25, 0.3) is 0 Å². The van der Waals surface area contributed by atoms with Gasteiger partial charge in [-0.05, 0) is 38.3 Å². The monoisotopic (exact) mass is 503 g/mol. The lowest BCUT2D eigenvalue weighted by molar-refractivity contribution is -0.145. The van der Waals surface area contributed by atoms with Gasteiger partial charge in [0.1, 0.15) is 24.2 Å². The number of hydrogen-bond acceptors (Lipinski definition) is 7. The van der Waals surface area contributed by atoms with E-state index in [2.05, 4.69) is 21.3 Å². The molecule has 3 N–H and O–H groups in total. The number of carbonyl (C=O) groups is 4. The van der Waals surface area contributed by atoms with Crippen molar-refractivity contribution < 1.29 is 33.8 Å². The molecule has 36 heavy (non-hydrogen) atoms. The van der Waals surface area contributed by atoms with Gasteiger partial charge in [0, 0.05) is 12.1 Å². The number of benzene rings is 1. The maximum atomic E-state index is 13.9. The number of methoxy groups -OCH3 is 1. The third-order valence-electron chi connectivity index (χ3n) is 5.38. The Labute approximate surface area is 212 Å². The molecule has 0 aromatic heterocycles. The van der Waals surface area contributed by atoms with Gasteiger partial charge in [-0.1, -0.05) is 44.4 Å². The highest BCUT2D eigenvalue weighted by Crippen LogP contribution is 2.27. The molecular formula is C26H37N3O7. The largest absolute Gasteiger partial charge is 0.468 e. The second-order valence-electron chi connectivity index (χ2n) is 9.19. The number of alkyl carbamates (subject to hydrolysis) is 1. The zero-order chi connectivity index (χ0) is 27.5. The van der Waals surface area contributed by atoms with Crippen molar-refractivity contribution >= 4 is 23.9 Å². The Morgan fingerprint density at radius 3 is 2.36 bits per heavy atom. The summed E-state index contributed by atoms with van der Waals surface area (Å²) in [7, 11) is 1.18. The van der Waals surface area contributed by atoms with Gasteiger partial charge in [0.25, 0.3) is 0 Å². The van der Waals surface area contributed by atoms with Crippen LogP contribution in [0.5, 0.6) is 0 Å². The first-order chi connectivity index (χ1) is 16.9. The molecule has 0 radical (unpaired) electrons. The van der Waals surface area contributed by atoms with E-state index >= 15 is 0 Å². The first kappa shape index (κ1) is 30.5. The Kier molecular flexibility index (Phi) is 11.9. The fourth-order valence-corrected chi connectivity index (χ4v) is 3.42. The molecule has 10 nitrogen and oxygen atoms in total. The number of aliphatic hydroxyl groups excluding tert-OH is 1. The van der Waals surface area contributed by atoms with Gasteiger partial charge in [0.05, 0.1) is 13.7 Å². The van der Waals surface area contributed by atoms with Gasteiger partial charge >= 0.3 is 12.1 Å². The first-order valence-electron chi connectivity index (χ1n) is 11.7. The highest BCUT2D eigenvalue weighted by molar-refractivity contribution is 5.93. The summed E-state index contributed by atoms with van der Waals surface area (Å²) < 4.78 is 9.92. The summed E-state index contributed by atoms with van der Waals surface area (Å²) in [6, 6.07) is 4.19. The predicted molar refractivity (Wildman–Crippen MR) is 134 cm³/mol. The van der Waals surface area contributed by atoms with Gasteiger partial charge in [-0.15, -0.1) is 6.42 Å². The van der Waals surface area contributed by atoms with Crippen LogP contribution in [-0.4, -0.2) is 72.3 Å². The number of aliphatic hydroxyl groups is 1. The SMILES string of the molecule is C#Cc1ccccc1C(C(=O)NCC(=O)OC)N(CCO)C(=O)C(NC(=O)OC(C)(C)C)C(C)CC. The summed E-state index contributed by atoms with van der Waals surface area (Å²) in [5.74, 6) is 0.158. The lowest BCUT2D eigenvalue weighted by Crippen LogP contribution is -2.56. The number of carbonyl (C=O) groups excluding carboxylic acids is 4. The van der Waals surface area contributed by atoms with Crippen molar-refractivity contribution in [1.82, 2.24) is 15.5 Å². The third kappa shape index (κ3) is 8.89. The third-order valence-corrected chi connectivity index (χ3v) is 5.38. The number of amides is 3. The van der Waals surface area contributed by atoms with Crippen LogP contribution >= 0.6 is 0 Å². The number of ether oxygens (including phenoxy) is 2. The molecule has 0 saturated carbocycles. The van der Waals surface area contributed by atoms with E-state index in [-0.39, 0.29) is 12.5 Å². The summed E-state index contributed by atoms with van der Waals surface area (Å²) in [6.45, 7) is 7.58. The molecule has 1 aromatic carbocycles. The topological polar surface area (TPSA) is 134 Å². The van der Waals surface area contributed by atoms with Crippen molar-refractivity contribution in [3.8, 4) is 12.3 Å². The molecule has 0 heterocycles. The zero-order valence-electron chi connectivity index (χ0n) is 21.8. The van der Waals surface area contributed by atoms with Crippen molar-refractivity contribution in [2.24, 2.45) is 5.92 Å². The van der Waals surface area contributed by atoms with Crippen molar-refractivity contribution in [3.63, 3.8) is 0 Å². The molecular weight excluding hydrogens is 466 g/mol. The number of rotatable bonds is 11. The lowest BCUT2D eigenvalue weighted by atomic mass is 9.94. The van der Waals surface area contributed by atoms with Crippen LogP contribution in [0, 0.1) is 18.3 Å². The molecule has 0 spiro atoms. The maximum absolute atomic E-state index is 13.9. The number of nitrogens with one attached hydrogen (secondary N) is 2. The number of esters is 1. The summed E-state index contributed by atoms with van der Waals surface area (Å²) >= 11 is 0. The quantitative estimate of drug-likeness (QED) is 0.309. The average Bonchev–Trinajstić information content (AvgIpc) is 2.83. The summed E-state index contributed by atoms with van der Waals surface area (Å²) in [5, 5.41) is 14.9. The fourth-order valence-electron chi connectivity index (χ4n) is 3.42. The normalized spacial score (nSPS) is 13.4. The van der Waals surface area contributed by atoms with E-state index < -0.39 is 54.7 Å². The van der Waals surface area contributed by atoms with Crippen LogP contribution < -0.4 is 10.6 Å². The minimum Gasteiger partial charge on any atom is -0.468 e. The molecule has 0 fully saturated rings. The number of terminal acetylenes is 1. The Hall–Kier alpha value is -3.58. The van der Waals surface area contributed by atoms with Crippen LogP contribution in [-0.2, 0) is 23.9 Å². The molecule has 3 amide bonds. The van der Waals surface area contributed by atoms with Crippen molar-refractivity contribution in [1.29, 1.82) is 0 Å². The van der Waals surface area contributed by atoms with Crippen LogP contribution in [0.1, 0.15) is 58.2 Å². The lowest BCUT2D eigenvalue weighted by Gasteiger charge is -2.36. The minimum atomic E-state index is -1.30. The number of hydrogen-bond donors (Lipinski definition) is 3. The van der Waals surface area contributed by atoms with Gasteiger partial charge < -0.3 is 30.1 Å². The van der Waals surface area contributed by atoms with Crippen molar-refractivity contribution in [2.45, 2.75) is 58.7 Å². The van der Waals surface area contributed by atoms with E-state index in [1.165, 1.54) is 7.11 Å². The van der Waals surface area contributed by atoms with E-state index in [0.717, 1.165) is 4.90 Å². The van der Waals surface area contributed by atoms with Crippen molar-refractivity contribution in [3.05, 3.63) is 35.4 Å². The van der Waals surface area contributed by atoms with Gasteiger partial charge in [-0.2, -0.15) is 0 Å². The van der Waals surface area contributed by atoms with Gasteiger partial charge in [-0.3, -0.25) is 14.4 Å². The molecule has 1 aromatic rings. The molecule has 0 bridgehead atoms. The second-order valence-corrected chi connectivity index (χ2v) is 9.19. The summed E-state index contributed by atoms with van der Waals surface area (Å²) in [6.07, 6.45) is 5.39. The highest BCUT2D eigenvalue weighted by Gasteiger charge is 2.38. The molecule has 198 valence electrons. The van der Waals surface area contributed by atoms with E-state index in [0.29, 0.717) is 17.5 Å². The molecule has 0 aliphatic carbocycles. The van der Waals surface area contributed by atoms with Crippen LogP contribution in [0.15, 0.2) is 24.3 Å². The molecule has 10 heteroatoms. The Morgan fingerprint density at radius 1 is 1.19 bits per heavy atom. The van der Waals surface area contributed by atoms with Crippen molar-refractivity contribution in [2.75, 3.05) is 26.8 Å². The van der Waals surface area contributed by atoms with Crippen LogP contribution in [0.2, 0.25) is 0 Å². The molecule has 0 saturated heterocycles. The molecule has 0 aliphatic heterocycles. The Bertz CT molecular complexity index is 965. The Balaban J connectivity index is 3.53. The molecule has 3 atom stereocenters. The van der Waals surface area contributed by atoms with Gasteiger partial charge in [0.2, 0.25) is 11.8 Å². The second kappa shape index (κ2) is 14.1. The maximum Gasteiger partial charge on any atom is 0.408 e. The van der Waals surface area contributed by atoms with Crippen LogP contribution in [0.3, 0.4) is 0 Å². The van der Waals surface area contributed by atoms with Gasteiger partial charge in [0.15, 0.2) is 0 Å². The van der Waals surface area contributed by atoms with E-state index in [1.807, 2.05) is 6.92 Å². The molecule has 3 unspecified atom stereocenters. The van der Waals surface area contributed by atoms with E-state index in [1.54, 1.807) is 52.0 Å². The summed E-state index contributed by atoms with van der Waals surface area (Å²) in [5.41, 5.74) is -0.115. The zero-order valence-corrected chi connectivity index (χ0v) is 21.8.